The first-order valence-corrected chi connectivity index (χ1v) is 6.79. The van der Waals surface area contributed by atoms with Crippen LogP contribution in [0.1, 0.15) is 19.5 Å². The Balaban J connectivity index is 2.26. The van der Waals surface area contributed by atoms with Crippen molar-refractivity contribution >= 4 is 11.4 Å². The molecule has 0 saturated carbocycles. The first-order chi connectivity index (χ1) is 10.3. The smallest absolute Gasteiger partial charge is 0.142 e. The summed E-state index contributed by atoms with van der Waals surface area (Å²) in [6.45, 7) is 5.05. The van der Waals surface area contributed by atoms with Crippen LogP contribution in [-0.4, -0.2) is 18.2 Å². The van der Waals surface area contributed by atoms with Gasteiger partial charge in [-0.1, -0.05) is 0 Å². The highest BCUT2D eigenvalue weighted by Gasteiger charge is 2.07. The summed E-state index contributed by atoms with van der Waals surface area (Å²) >= 11 is 0. The van der Waals surface area contributed by atoms with Crippen molar-refractivity contribution in [1.29, 1.82) is 5.26 Å². The van der Waals surface area contributed by atoms with Crippen molar-refractivity contribution in [1.82, 2.24) is 4.98 Å². The molecule has 0 aliphatic carbocycles. The molecule has 1 heterocycles. The number of anilines is 2. The molecule has 2 aromatic rings. The third kappa shape index (κ3) is 3.86. The van der Waals surface area contributed by atoms with Crippen LogP contribution in [0, 0.1) is 11.3 Å². The van der Waals surface area contributed by atoms with Crippen LogP contribution < -0.4 is 14.8 Å². The topological polar surface area (TPSA) is 67.2 Å². The summed E-state index contributed by atoms with van der Waals surface area (Å²) < 4.78 is 11.1. The SMILES string of the molecule is CCOc1ccc(OCC)c(Nc2ccc(C#N)nc2)c1. The minimum absolute atomic E-state index is 0.383. The Morgan fingerprint density at radius 1 is 1.14 bits per heavy atom. The molecule has 0 fully saturated rings. The van der Waals surface area contributed by atoms with E-state index in [1.165, 1.54) is 0 Å². The van der Waals surface area contributed by atoms with Gasteiger partial charge in [-0.25, -0.2) is 4.98 Å². The van der Waals surface area contributed by atoms with Crippen LogP contribution >= 0.6 is 0 Å². The van der Waals surface area contributed by atoms with E-state index in [-0.39, 0.29) is 0 Å². The maximum Gasteiger partial charge on any atom is 0.142 e. The molecule has 2 rings (SSSR count). The molecule has 0 aliphatic heterocycles. The second-order valence-electron chi connectivity index (χ2n) is 4.19. The van der Waals surface area contributed by atoms with Crippen LogP contribution in [0.3, 0.4) is 0 Å². The van der Waals surface area contributed by atoms with E-state index in [1.807, 2.05) is 38.1 Å². The number of benzene rings is 1. The van der Waals surface area contributed by atoms with E-state index in [4.69, 9.17) is 14.7 Å². The van der Waals surface area contributed by atoms with Gasteiger partial charge in [-0.3, -0.25) is 0 Å². The Kier molecular flexibility index (Phi) is 4.99. The minimum Gasteiger partial charge on any atom is -0.494 e. The van der Waals surface area contributed by atoms with E-state index in [2.05, 4.69) is 10.3 Å². The highest BCUT2D eigenvalue weighted by molar-refractivity contribution is 5.67. The zero-order valence-electron chi connectivity index (χ0n) is 12.1. The Hall–Kier alpha value is -2.74. The van der Waals surface area contributed by atoms with Gasteiger partial charge in [-0.15, -0.1) is 0 Å². The molecule has 0 spiro atoms. The van der Waals surface area contributed by atoms with Crippen molar-refractivity contribution in [2.75, 3.05) is 18.5 Å². The number of hydrogen-bond acceptors (Lipinski definition) is 5. The average Bonchev–Trinajstić information content (AvgIpc) is 2.51. The van der Waals surface area contributed by atoms with Gasteiger partial charge >= 0.3 is 0 Å². The first kappa shape index (κ1) is 14.7. The number of pyridine rings is 1. The molecule has 0 aliphatic rings. The zero-order chi connectivity index (χ0) is 15.1. The Morgan fingerprint density at radius 2 is 1.95 bits per heavy atom. The maximum atomic E-state index is 8.76. The molecule has 108 valence electrons. The number of nitrogens with zero attached hydrogens (tertiary/aromatic N) is 2. The zero-order valence-corrected chi connectivity index (χ0v) is 12.1. The van der Waals surface area contributed by atoms with Gasteiger partial charge in [-0.05, 0) is 38.1 Å². The van der Waals surface area contributed by atoms with Gasteiger partial charge in [0.2, 0.25) is 0 Å². The molecular formula is C16H17N3O2. The molecule has 5 nitrogen and oxygen atoms in total. The number of ether oxygens (including phenoxy) is 2. The highest BCUT2D eigenvalue weighted by atomic mass is 16.5. The van der Waals surface area contributed by atoms with Crippen LogP contribution in [0.15, 0.2) is 36.5 Å². The third-order valence-electron chi connectivity index (χ3n) is 2.72. The predicted molar refractivity (Wildman–Crippen MR) is 81.0 cm³/mol. The van der Waals surface area contributed by atoms with E-state index in [0.717, 1.165) is 22.9 Å². The lowest BCUT2D eigenvalue weighted by Gasteiger charge is -2.14. The van der Waals surface area contributed by atoms with Crippen LogP contribution in [0.25, 0.3) is 0 Å². The molecule has 0 bridgehead atoms. The quantitative estimate of drug-likeness (QED) is 0.879. The molecular weight excluding hydrogens is 266 g/mol. The minimum atomic E-state index is 0.383. The number of hydrogen-bond donors (Lipinski definition) is 1. The van der Waals surface area contributed by atoms with Crippen molar-refractivity contribution in [3.8, 4) is 17.6 Å². The summed E-state index contributed by atoms with van der Waals surface area (Å²) in [7, 11) is 0. The van der Waals surface area contributed by atoms with Crippen molar-refractivity contribution < 1.29 is 9.47 Å². The van der Waals surface area contributed by atoms with Gasteiger partial charge in [-0.2, -0.15) is 5.26 Å². The molecule has 0 unspecified atom stereocenters. The Morgan fingerprint density at radius 3 is 2.57 bits per heavy atom. The van der Waals surface area contributed by atoms with Crippen molar-refractivity contribution in [2.24, 2.45) is 0 Å². The second kappa shape index (κ2) is 7.15. The fourth-order valence-corrected chi connectivity index (χ4v) is 1.83. The first-order valence-electron chi connectivity index (χ1n) is 6.79. The summed E-state index contributed by atoms with van der Waals surface area (Å²) in [4.78, 5) is 4.03. The van der Waals surface area contributed by atoms with Crippen molar-refractivity contribution in [3.05, 3.63) is 42.2 Å². The molecule has 5 heteroatoms. The van der Waals surface area contributed by atoms with Gasteiger partial charge < -0.3 is 14.8 Å². The Labute approximate surface area is 124 Å². The number of nitriles is 1. The average molecular weight is 283 g/mol. The highest BCUT2D eigenvalue weighted by Crippen LogP contribution is 2.31. The largest absolute Gasteiger partial charge is 0.494 e. The molecule has 1 N–H and O–H groups in total. The lowest BCUT2D eigenvalue weighted by molar-refractivity contribution is 0.332. The summed E-state index contributed by atoms with van der Waals surface area (Å²) in [6, 6.07) is 11.1. The summed E-state index contributed by atoms with van der Waals surface area (Å²) in [5.74, 6) is 1.51. The van der Waals surface area contributed by atoms with Crippen LogP contribution in [0.5, 0.6) is 11.5 Å². The molecule has 0 atom stereocenters. The fourth-order valence-electron chi connectivity index (χ4n) is 1.83. The number of nitrogens with one attached hydrogen (secondary N) is 1. The van der Waals surface area contributed by atoms with E-state index >= 15 is 0 Å². The van der Waals surface area contributed by atoms with Gasteiger partial charge in [0.25, 0.3) is 0 Å². The van der Waals surface area contributed by atoms with E-state index in [9.17, 15) is 0 Å². The number of aromatic nitrogens is 1. The van der Waals surface area contributed by atoms with E-state index in [1.54, 1.807) is 18.3 Å². The lowest BCUT2D eigenvalue weighted by Crippen LogP contribution is -2.00. The summed E-state index contributed by atoms with van der Waals surface area (Å²) in [5.41, 5.74) is 1.96. The van der Waals surface area contributed by atoms with Crippen LogP contribution in [0.2, 0.25) is 0 Å². The predicted octanol–water partition coefficient (Wildman–Crippen LogP) is 3.49. The standard InChI is InChI=1S/C16H17N3O2/c1-3-20-14-7-8-16(21-4-2)15(9-14)19-13-6-5-12(10-17)18-11-13/h5-9,11,19H,3-4H2,1-2H3. The van der Waals surface area contributed by atoms with Gasteiger partial charge in [0.1, 0.15) is 23.3 Å². The second-order valence-corrected chi connectivity index (χ2v) is 4.19. The van der Waals surface area contributed by atoms with E-state index in [0.29, 0.717) is 18.9 Å². The molecule has 1 aromatic carbocycles. The fraction of sp³-hybridized carbons (Fsp3) is 0.250. The molecule has 0 radical (unpaired) electrons. The van der Waals surface area contributed by atoms with Crippen molar-refractivity contribution in [3.63, 3.8) is 0 Å². The molecule has 21 heavy (non-hydrogen) atoms. The van der Waals surface area contributed by atoms with Gasteiger partial charge in [0.15, 0.2) is 0 Å². The Bertz CT molecular complexity index is 633. The van der Waals surface area contributed by atoms with Crippen molar-refractivity contribution in [2.45, 2.75) is 13.8 Å². The van der Waals surface area contributed by atoms with Gasteiger partial charge in [0, 0.05) is 6.07 Å². The van der Waals surface area contributed by atoms with Gasteiger partial charge in [0.05, 0.1) is 30.8 Å². The summed E-state index contributed by atoms with van der Waals surface area (Å²) in [5, 5.41) is 12.0. The maximum absolute atomic E-state index is 8.76. The monoisotopic (exact) mass is 283 g/mol. The molecule has 0 saturated heterocycles. The summed E-state index contributed by atoms with van der Waals surface area (Å²) in [6.07, 6.45) is 1.61. The number of rotatable bonds is 6. The third-order valence-corrected chi connectivity index (χ3v) is 2.72. The molecule has 0 amide bonds. The molecule has 1 aromatic heterocycles. The lowest BCUT2D eigenvalue weighted by atomic mass is 10.2. The normalized spacial score (nSPS) is 9.76. The van der Waals surface area contributed by atoms with Crippen LogP contribution in [0.4, 0.5) is 11.4 Å². The van der Waals surface area contributed by atoms with Crippen LogP contribution in [-0.2, 0) is 0 Å². The van der Waals surface area contributed by atoms with E-state index < -0.39 is 0 Å².